The lowest BCUT2D eigenvalue weighted by molar-refractivity contribution is 0.400. The van der Waals surface area contributed by atoms with Crippen molar-refractivity contribution in [2.75, 3.05) is 13.7 Å². The second kappa shape index (κ2) is 7.23. The third-order valence-electron chi connectivity index (χ3n) is 3.64. The predicted molar refractivity (Wildman–Crippen MR) is 86.8 cm³/mol. The van der Waals surface area contributed by atoms with E-state index in [9.17, 15) is 0 Å². The van der Waals surface area contributed by atoms with Crippen LogP contribution in [-0.4, -0.2) is 18.6 Å². The highest BCUT2D eigenvalue weighted by molar-refractivity contribution is 5.38. The van der Waals surface area contributed by atoms with Gasteiger partial charge in [-0.15, -0.1) is 0 Å². The van der Waals surface area contributed by atoms with Crippen molar-refractivity contribution in [1.29, 1.82) is 0 Å². The smallest absolute Gasteiger partial charge is 0.142 e. The van der Waals surface area contributed by atoms with Gasteiger partial charge < -0.3 is 10.1 Å². The predicted octanol–water partition coefficient (Wildman–Crippen LogP) is 3.91. The van der Waals surface area contributed by atoms with E-state index in [1.54, 1.807) is 7.11 Å². The van der Waals surface area contributed by atoms with Gasteiger partial charge in [-0.2, -0.15) is 0 Å². The van der Waals surface area contributed by atoms with Crippen LogP contribution >= 0.6 is 0 Å². The number of hydrogen-bond acceptors (Lipinski definition) is 3. The molecule has 21 heavy (non-hydrogen) atoms. The Bertz CT molecular complexity index is 564. The monoisotopic (exact) mass is 284 g/mol. The van der Waals surface area contributed by atoms with Gasteiger partial charge in [0.05, 0.1) is 13.2 Å². The lowest BCUT2D eigenvalue weighted by atomic mass is 9.97. The number of pyridine rings is 1. The largest absolute Gasteiger partial charge is 0.495 e. The van der Waals surface area contributed by atoms with Crippen molar-refractivity contribution < 1.29 is 4.74 Å². The van der Waals surface area contributed by atoms with Gasteiger partial charge in [-0.3, -0.25) is 4.98 Å². The molecule has 3 nitrogen and oxygen atoms in total. The van der Waals surface area contributed by atoms with E-state index in [1.807, 2.05) is 18.3 Å². The van der Waals surface area contributed by atoms with Crippen molar-refractivity contribution >= 4 is 0 Å². The molecule has 1 heterocycles. The van der Waals surface area contributed by atoms with E-state index >= 15 is 0 Å². The van der Waals surface area contributed by atoms with Crippen LogP contribution in [0.2, 0.25) is 0 Å². The van der Waals surface area contributed by atoms with E-state index < -0.39 is 0 Å². The van der Waals surface area contributed by atoms with E-state index in [1.165, 1.54) is 11.1 Å². The molecule has 1 N–H and O–H groups in total. The number of aromatic nitrogens is 1. The molecule has 3 heteroatoms. The molecule has 1 aromatic heterocycles. The molecule has 0 aliphatic carbocycles. The first-order valence-electron chi connectivity index (χ1n) is 7.49. The Balaban J connectivity index is 2.38. The summed E-state index contributed by atoms with van der Waals surface area (Å²) in [6, 6.07) is 12.6. The zero-order valence-corrected chi connectivity index (χ0v) is 13.3. The van der Waals surface area contributed by atoms with Crippen LogP contribution in [-0.2, 0) is 0 Å². The van der Waals surface area contributed by atoms with Crippen molar-refractivity contribution in [3.8, 4) is 5.75 Å². The molecule has 0 radical (unpaired) electrons. The van der Waals surface area contributed by atoms with E-state index in [0.717, 1.165) is 18.0 Å². The molecule has 0 spiro atoms. The summed E-state index contributed by atoms with van der Waals surface area (Å²) >= 11 is 0. The highest BCUT2D eigenvalue weighted by Gasteiger charge is 2.18. The van der Waals surface area contributed by atoms with Gasteiger partial charge in [0.25, 0.3) is 0 Å². The topological polar surface area (TPSA) is 34.2 Å². The van der Waals surface area contributed by atoms with Crippen LogP contribution in [0.1, 0.15) is 49.6 Å². The van der Waals surface area contributed by atoms with E-state index in [2.05, 4.69) is 55.3 Å². The SMILES string of the molecule is CCNC(c1ccc(C(C)C)cc1)c1ncccc1OC. The number of nitrogens with zero attached hydrogens (tertiary/aromatic N) is 1. The molecular weight excluding hydrogens is 260 g/mol. The molecule has 0 saturated heterocycles. The summed E-state index contributed by atoms with van der Waals surface area (Å²) in [6.07, 6.45) is 1.81. The molecule has 0 bridgehead atoms. The van der Waals surface area contributed by atoms with Gasteiger partial charge in [0.2, 0.25) is 0 Å². The van der Waals surface area contributed by atoms with Crippen LogP contribution in [0.15, 0.2) is 42.6 Å². The molecule has 0 aliphatic rings. The maximum atomic E-state index is 5.45. The van der Waals surface area contributed by atoms with E-state index in [-0.39, 0.29) is 6.04 Å². The maximum absolute atomic E-state index is 5.45. The molecular formula is C18H24N2O. The van der Waals surface area contributed by atoms with Gasteiger partial charge >= 0.3 is 0 Å². The second-order valence-electron chi connectivity index (χ2n) is 5.40. The van der Waals surface area contributed by atoms with Crippen molar-refractivity contribution in [2.45, 2.75) is 32.7 Å². The number of ether oxygens (including phenoxy) is 1. The van der Waals surface area contributed by atoms with Gasteiger partial charge in [0, 0.05) is 6.20 Å². The first kappa shape index (κ1) is 15.5. The Labute approximate surface area is 127 Å². The number of methoxy groups -OCH3 is 1. The first-order valence-corrected chi connectivity index (χ1v) is 7.49. The Morgan fingerprint density at radius 3 is 2.33 bits per heavy atom. The van der Waals surface area contributed by atoms with Gasteiger partial charge in [-0.25, -0.2) is 0 Å². The Morgan fingerprint density at radius 1 is 1.10 bits per heavy atom. The van der Waals surface area contributed by atoms with Crippen LogP contribution in [0.3, 0.4) is 0 Å². The summed E-state index contributed by atoms with van der Waals surface area (Å²) in [5.41, 5.74) is 3.49. The number of nitrogens with one attached hydrogen (secondary N) is 1. The minimum absolute atomic E-state index is 0.0485. The summed E-state index contributed by atoms with van der Waals surface area (Å²) in [5, 5.41) is 3.50. The molecule has 112 valence electrons. The summed E-state index contributed by atoms with van der Waals surface area (Å²) < 4.78 is 5.45. The zero-order chi connectivity index (χ0) is 15.2. The van der Waals surface area contributed by atoms with E-state index in [0.29, 0.717) is 5.92 Å². The van der Waals surface area contributed by atoms with Gasteiger partial charge in [0.1, 0.15) is 11.4 Å². The van der Waals surface area contributed by atoms with Crippen LogP contribution in [0.5, 0.6) is 5.75 Å². The lowest BCUT2D eigenvalue weighted by Gasteiger charge is -2.20. The second-order valence-corrected chi connectivity index (χ2v) is 5.40. The molecule has 2 aromatic rings. The average molecular weight is 284 g/mol. The highest BCUT2D eigenvalue weighted by Crippen LogP contribution is 2.28. The Morgan fingerprint density at radius 2 is 1.76 bits per heavy atom. The number of hydrogen-bond donors (Lipinski definition) is 1. The minimum atomic E-state index is 0.0485. The molecule has 2 rings (SSSR count). The standard InChI is InChI=1S/C18H24N2O/c1-5-19-17(18-16(21-4)7-6-12-20-18)15-10-8-14(9-11-15)13(2)3/h6-13,17,19H,5H2,1-4H3. The Hall–Kier alpha value is -1.87. The third kappa shape index (κ3) is 3.61. The quantitative estimate of drug-likeness (QED) is 0.873. The van der Waals surface area contributed by atoms with Crippen molar-refractivity contribution in [3.63, 3.8) is 0 Å². The lowest BCUT2D eigenvalue weighted by Crippen LogP contribution is -2.23. The van der Waals surface area contributed by atoms with Crippen LogP contribution in [0, 0.1) is 0 Å². The van der Waals surface area contributed by atoms with Crippen LogP contribution < -0.4 is 10.1 Å². The highest BCUT2D eigenvalue weighted by atomic mass is 16.5. The fourth-order valence-electron chi connectivity index (χ4n) is 2.44. The van der Waals surface area contributed by atoms with Gasteiger partial charge in [-0.05, 0) is 35.7 Å². The minimum Gasteiger partial charge on any atom is -0.495 e. The molecule has 1 unspecified atom stereocenters. The molecule has 1 atom stereocenters. The molecule has 0 amide bonds. The third-order valence-corrected chi connectivity index (χ3v) is 3.64. The molecule has 0 fully saturated rings. The molecule has 1 aromatic carbocycles. The summed E-state index contributed by atoms with van der Waals surface area (Å²) in [6.45, 7) is 7.39. The van der Waals surface area contributed by atoms with Crippen LogP contribution in [0.4, 0.5) is 0 Å². The maximum Gasteiger partial charge on any atom is 0.142 e. The van der Waals surface area contributed by atoms with Gasteiger partial charge in [-0.1, -0.05) is 45.0 Å². The van der Waals surface area contributed by atoms with Crippen molar-refractivity contribution in [1.82, 2.24) is 10.3 Å². The van der Waals surface area contributed by atoms with Crippen molar-refractivity contribution in [2.24, 2.45) is 0 Å². The van der Waals surface area contributed by atoms with Crippen LogP contribution in [0.25, 0.3) is 0 Å². The first-order chi connectivity index (χ1) is 10.2. The normalized spacial score (nSPS) is 12.4. The summed E-state index contributed by atoms with van der Waals surface area (Å²) in [4.78, 5) is 4.51. The number of benzene rings is 1. The summed E-state index contributed by atoms with van der Waals surface area (Å²) in [5.74, 6) is 1.36. The number of rotatable bonds is 6. The van der Waals surface area contributed by atoms with Crippen molar-refractivity contribution in [3.05, 3.63) is 59.4 Å². The molecule has 0 aliphatic heterocycles. The van der Waals surface area contributed by atoms with Gasteiger partial charge in [0.15, 0.2) is 0 Å². The fraction of sp³-hybridized carbons (Fsp3) is 0.389. The summed E-state index contributed by atoms with van der Waals surface area (Å²) in [7, 11) is 1.69. The average Bonchev–Trinajstić information content (AvgIpc) is 2.52. The van der Waals surface area contributed by atoms with E-state index in [4.69, 9.17) is 4.74 Å². The fourth-order valence-corrected chi connectivity index (χ4v) is 2.44. The zero-order valence-electron chi connectivity index (χ0n) is 13.3. The molecule has 0 saturated carbocycles. The Kier molecular flexibility index (Phi) is 5.34.